The van der Waals surface area contributed by atoms with Crippen molar-refractivity contribution >= 4 is 19.1 Å². The van der Waals surface area contributed by atoms with Gasteiger partial charge in [0.05, 0.1) is 5.57 Å². The molecule has 0 saturated heterocycles. The van der Waals surface area contributed by atoms with Crippen molar-refractivity contribution < 1.29 is 19.7 Å². The fourth-order valence-corrected chi connectivity index (χ4v) is 5.40. The summed E-state index contributed by atoms with van der Waals surface area (Å²) in [6, 6.07) is 0. The number of carbonyl (C=O) groups is 1. The van der Waals surface area contributed by atoms with Crippen LogP contribution in [0, 0.1) is 17.2 Å². The van der Waals surface area contributed by atoms with Crippen molar-refractivity contribution in [2.24, 2.45) is 11.8 Å². The molecule has 0 amide bonds. The quantitative estimate of drug-likeness (QED) is 0.295. The molecule has 0 aromatic rings. The molecule has 2 saturated carbocycles. The molecule has 0 heterocycles. The Labute approximate surface area is 145 Å². The molecule has 5 nitrogen and oxygen atoms in total. The van der Waals surface area contributed by atoms with Crippen molar-refractivity contribution in [1.29, 1.82) is 5.41 Å². The lowest BCUT2D eigenvalue weighted by atomic mass is 9.87. The Morgan fingerprint density at radius 1 is 1.00 bits per heavy atom. The lowest BCUT2D eigenvalue weighted by Gasteiger charge is -2.22. The first-order valence-electron chi connectivity index (χ1n) is 9.22. The van der Waals surface area contributed by atoms with Gasteiger partial charge >= 0.3 is 13.7 Å². The molecule has 0 aliphatic heterocycles. The maximum atomic E-state index is 11.5. The number of hydrogen-bond donors (Lipinski definition) is 4. The molecule has 6 heteroatoms. The van der Waals surface area contributed by atoms with Gasteiger partial charge in [-0.25, -0.2) is 14.6 Å². The zero-order valence-electron chi connectivity index (χ0n) is 14.4. The van der Waals surface area contributed by atoms with E-state index in [1.54, 1.807) is 6.08 Å². The summed E-state index contributed by atoms with van der Waals surface area (Å²) in [5, 5.41) is 17.5. The van der Waals surface area contributed by atoms with Crippen LogP contribution in [0.25, 0.3) is 0 Å². The van der Waals surface area contributed by atoms with Gasteiger partial charge in [0, 0.05) is 6.42 Å². The van der Waals surface area contributed by atoms with Crippen molar-refractivity contribution in [2.75, 3.05) is 6.16 Å². The van der Waals surface area contributed by atoms with Crippen LogP contribution in [0.5, 0.6) is 0 Å². The van der Waals surface area contributed by atoms with Crippen molar-refractivity contribution in [3.63, 3.8) is 0 Å². The highest BCUT2D eigenvalue weighted by Crippen LogP contribution is 2.54. The smallest absolute Gasteiger partial charge is 0.335 e. The number of carboxylic acids is 1. The van der Waals surface area contributed by atoms with Crippen LogP contribution in [0.1, 0.15) is 70.6 Å². The molecule has 136 valence electrons. The molecule has 0 atom stereocenters. The summed E-state index contributed by atoms with van der Waals surface area (Å²) in [4.78, 5) is 32.2. The highest BCUT2D eigenvalue weighted by Gasteiger charge is 2.43. The maximum absolute atomic E-state index is 11.5. The SMILES string of the molecule is N=C(CC1CCCCC1)[P+](O)(O)CC(=CCC1CCCC1)C(=O)O. The van der Waals surface area contributed by atoms with Crippen LogP contribution >= 0.6 is 7.72 Å². The second-order valence-corrected chi connectivity index (χ2v) is 9.78. The molecule has 0 aromatic heterocycles. The van der Waals surface area contributed by atoms with Crippen LogP contribution < -0.4 is 0 Å². The van der Waals surface area contributed by atoms with Crippen LogP contribution in [0.2, 0.25) is 0 Å². The minimum Gasteiger partial charge on any atom is -0.478 e. The Morgan fingerprint density at radius 2 is 1.54 bits per heavy atom. The summed E-state index contributed by atoms with van der Waals surface area (Å²) in [7, 11) is -3.64. The Kier molecular flexibility index (Phi) is 7.39. The van der Waals surface area contributed by atoms with E-state index < -0.39 is 13.7 Å². The topological polar surface area (TPSA) is 102 Å². The number of nitrogens with one attached hydrogen (secondary N) is 1. The second kappa shape index (κ2) is 9.07. The highest BCUT2D eigenvalue weighted by molar-refractivity contribution is 7.81. The van der Waals surface area contributed by atoms with Crippen molar-refractivity contribution in [3.8, 4) is 0 Å². The van der Waals surface area contributed by atoms with Crippen LogP contribution in [0.4, 0.5) is 0 Å². The van der Waals surface area contributed by atoms with Gasteiger partial charge in [0.1, 0.15) is 6.16 Å². The first-order valence-corrected chi connectivity index (χ1v) is 11.1. The van der Waals surface area contributed by atoms with E-state index in [-0.39, 0.29) is 17.2 Å². The number of rotatable bonds is 8. The van der Waals surface area contributed by atoms with Gasteiger partial charge in [0.2, 0.25) is 5.45 Å². The predicted molar refractivity (Wildman–Crippen MR) is 97.4 cm³/mol. The van der Waals surface area contributed by atoms with Gasteiger partial charge in [-0.1, -0.05) is 51.0 Å². The minimum atomic E-state index is -3.64. The summed E-state index contributed by atoms with van der Waals surface area (Å²) in [6.45, 7) is 0. The van der Waals surface area contributed by atoms with E-state index in [0.717, 1.165) is 38.5 Å². The van der Waals surface area contributed by atoms with Crippen molar-refractivity contribution in [1.82, 2.24) is 0 Å². The Hall–Kier alpha value is -0.770. The number of allylic oxidation sites excluding steroid dienone is 1. The molecule has 0 spiro atoms. The Morgan fingerprint density at radius 3 is 2.12 bits per heavy atom. The molecular weight excluding hydrogens is 325 g/mol. The summed E-state index contributed by atoms with van der Waals surface area (Å²) in [6.07, 6.45) is 12.7. The zero-order chi connectivity index (χ0) is 17.6. The molecule has 2 fully saturated rings. The third-order valence-electron chi connectivity index (χ3n) is 5.48. The van der Waals surface area contributed by atoms with Crippen LogP contribution in [-0.2, 0) is 4.79 Å². The van der Waals surface area contributed by atoms with Gasteiger partial charge in [-0.05, 0) is 31.1 Å². The van der Waals surface area contributed by atoms with Crippen molar-refractivity contribution in [2.45, 2.75) is 70.6 Å². The average Bonchev–Trinajstić information content (AvgIpc) is 3.05. The molecule has 2 rings (SSSR count). The van der Waals surface area contributed by atoms with E-state index in [1.165, 1.54) is 19.3 Å². The molecule has 2 aliphatic carbocycles. The first kappa shape index (κ1) is 19.6. The molecule has 0 bridgehead atoms. The number of carboxylic acid groups (broad SMARTS) is 1. The van der Waals surface area contributed by atoms with E-state index in [4.69, 9.17) is 5.41 Å². The highest BCUT2D eigenvalue weighted by atomic mass is 31.2. The van der Waals surface area contributed by atoms with E-state index >= 15 is 0 Å². The van der Waals surface area contributed by atoms with Gasteiger partial charge < -0.3 is 5.11 Å². The Bertz CT molecular complexity index is 477. The van der Waals surface area contributed by atoms with E-state index in [2.05, 4.69) is 0 Å². The predicted octanol–water partition coefficient (Wildman–Crippen LogP) is 4.36. The van der Waals surface area contributed by atoms with E-state index in [1.807, 2.05) is 0 Å². The van der Waals surface area contributed by atoms with Crippen LogP contribution in [-0.4, -0.2) is 32.5 Å². The average molecular weight is 356 g/mol. The molecule has 2 aliphatic rings. The molecule has 4 N–H and O–H groups in total. The maximum Gasteiger partial charge on any atom is 0.335 e. The normalized spacial score (nSPS) is 21.2. The lowest BCUT2D eigenvalue weighted by Crippen LogP contribution is -2.18. The summed E-state index contributed by atoms with van der Waals surface area (Å²) in [5.41, 5.74) is 0.0241. The van der Waals surface area contributed by atoms with Gasteiger partial charge in [-0.15, -0.1) is 0 Å². The van der Waals surface area contributed by atoms with E-state index in [0.29, 0.717) is 24.7 Å². The summed E-state index contributed by atoms with van der Waals surface area (Å²) >= 11 is 0. The summed E-state index contributed by atoms with van der Waals surface area (Å²) < 4.78 is 0. The molecule has 0 unspecified atom stereocenters. The standard InChI is InChI=1S/C18H30NO4P/c19-17(12-15-8-2-1-3-9-15)24(22,23)13-16(18(20)21)11-10-14-6-4-5-7-14/h11,14-15,19,22-23H,1-10,12-13H2/p+1. The largest absolute Gasteiger partial charge is 0.478 e. The summed E-state index contributed by atoms with van der Waals surface area (Å²) in [5.74, 6) is -0.224. The fraction of sp³-hybridized carbons (Fsp3) is 0.778. The van der Waals surface area contributed by atoms with Gasteiger partial charge in [-0.2, -0.15) is 0 Å². The lowest BCUT2D eigenvalue weighted by molar-refractivity contribution is -0.132. The van der Waals surface area contributed by atoms with Gasteiger partial charge in [0.25, 0.3) is 0 Å². The van der Waals surface area contributed by atoms with Crippen molar-refractivity contribution in [3.05, 3.63) is 11.6 Å². The van der Waals surface area contributed by atoms with Crippen LogP contribution in [0.3, 0.4) is 0 Å². The number of aliphatic carboxylic acids is 1. The van der Waals surface area contributed by atoms with Crippen LogP contribution in [0.15, 0.2) is 11.6 Å². The third-order valence-corrected chi connectivity index (χ3v) is 7.31. The molecule has 24 heavy (non-hydrogen) atoms. The van der Waals surface area contributed by atoms with Gasteiger partial charge in [0.15, 0.2) is 0 Å². The van der Waals surface area contributed by atoms with Gasteiger partial charge in [-0.3, -0.25) is 5.41 Å². The number of hydrogen-bond acceptors (Lipinski definition) is 4. The monoisotopic (exact) mass is 356 g/mol. The zero-order valence-corrected chi connectivity index (χ0v) is 15.3. The fourth-order valence-electron chi connectivity index (χ4n) is 3.92. The molecule has 0 aromatic carbocycles. The Balaban J connectivity index is 1.93. The third kappa shape index (κ3) is 5.94. The van der Waals surface area contributed by atoms with E-state index in [9.17, 15) is 19.7 Å². The molecular formula is C18H31NO4P+. The second-order valence-electron chi connectivity index (χ2n) is 7.46. The first-order chi connectivity index (χ1) is 11.4. The molecule has 0 radical (unpaired) electrons. The minimum absolute atomic E-state index is 0.0394.